The van der Waals surface area contributed by atoms with Crippen LogP contribution in [-0.4, -0.2) is 18.6 Å². The molecule has 1 spiro atoms. The minimum atomic E-state index is 0.269. The topological polar surface area (TPSA) is 36.1 Å². The highest BCUT2D eigenvalue weighted by Gasteiger charge is 2.30. The third kappa shape index (κ3) is 0.914. The van der Waals surface area contributed by atoms with Crippen LogP contribution in [0.5, 0.6) is 0 Å². The molecular formula is C7H13N3. The van der Waals surface area contributed by atoms with Crippen molar-refractivity contribution in [2.75, 3.05) is 13.1 Å². The number of hydrogen-bond acceptors (Lipinski definition) is 3. The molecule has 0 radical (unpaired) electrons. The molecule has 3 nitrogen and oxygen atoms in total. The van der Waals surface area contributed by atoms with Gasteiger partial charge in [-0.2, -0.15) is 0 Å². The van der Waals surface area contributed by atoms with Gasteiger partial charge in [0, 0.05) is 6.20 Å². The first kappa shape index (κ1) is 6.19. The van der Waals surface area contributed by atoms with Crippen LogP contribution in [0, 0.1) is 0 Å². The quantitative estimate of drug-likeness (QED) is 0.432. The molecule has 56 valence electrons. The maximum atomic E-state index is 3.33. The first-order chi connectivity index (χ1) is 4.91. The van der Waals surface area contributed by atoms with Crippen LogP contribution in [0.3, 0.4) is 0 Å². The maximum Gasteiger partial charge on any atom is 0.0591 e. The van der Waals surface area contributed by atoms with E-state index in [1.165, 1.54) is 12.8 Å². The predicted molar refractivity (Wildman–Crippen MR) is 40.2 cm³/mol. The molecule has 3 heteroatoms. The Labute approximate surface area is 60.8 Å². The molecule has 1 fully saturated rings. The predicted octanol–water partition coefficient (Wildman–Crippen LogP) is -0.270. The van der Waals surface area contributed by atoms with E-state index in [-0.39, 0.29) is 5.54 Å². The lowest BCUT2D eigenvalue weighted by molar-refractivity contribution is 0.304. The van der Waals surface area contributed by atoms with Gasteiger partial charge in [-0.25, -0.2) is 5.43 Å². The first-order valence-electron chi connectivity index (χ1n) is 3.82. The molecular weight excluding hydrogens is 126 g/mol. The van der Waals surface area contributed by atoms with Crippen LogP contribution in [0.4, 0.5) is 0 Å². The van der Waals surface area contributed by atoms with Crippen LogP contribution < -0.4 is 16.2 Å². The Morgan fingerprint density at radius 1 is 1.20 bits per heavy atom. The summed E-state index contributed by atoms with van der Waals surface area (Å²) in [5.74, 6) is 0. The van der Waals surface area contributed by atoms with Crippen molar-refractivity contribution in [3.8, 4) is 0 Å². The summed E-state index contributed by atoms with van der Waals surface area (Å²) in [7, 11) is 0. The molecule has 0 aromatic carbocycles. The lowest BCUT2D eigenvalue weighted by atomic mass is 9.90. The smallest absolute Gasteiger partial charge is 0.0591 e. The van der Waals surface area contributed by atoms with Gasteiger partial charge < -0.3 is 10.7 Å². The summed E-state index contributed by atoms with van der Waals surface area (Å²) in [6.45, 7) is 2.25. The van der Waals surface area contributed by atoms with E-state index >= 15 is 0 Å². The molecule has 10 heavy (non-hydrogen) atoms. The molecule has 0 saturated carbocycles. The molecule has 0 amide bonds. The van der Waals surface area contributed by atoms with Crippen molar-refractivity contribution in [3.63, 3.8) is 0 Å². The number of nitrogens with one attached hydrogen (secondary N) is 3. The highest BCUT2D eigenvalue weighted by molar-refractivity contribution is 5.11. The fourth-order valence-electron chi connectivity index (χ4n) is 1.59. The van der Waals surface area contributed by atoms with Gasteiger partial charge in [-0.15, -0.1) is 0 Å². The van der Waals surface area contributed by atoms with Gasteiger partial charge in [-0.1, -0.05) is 0 Å². The highest BCUT2D eigenvalue weighted by Crippen LogP contribution is 2.20. The summed E-state index contributed by atoms with van der Waals surface area (Å²) in [6.07, 6.45) is 6.60. The van der Waals surface area contributed by atoms with Gasteiger partial charge in [0.2, 0.25) is 0 Å². The lowest BCUT2D eigenvalue weighted by Crippen LogP contribution is -2.51. The zero-order valence-electron chi connectivity index (χ0n) is 5.98. The van der Waals surface area contributed by atoms with Crippen LogP contribution in [-0.2, 0) is 0 Å². The third-order valence-electron chi connectivity index (χ3n) is 2.30. The van der Waals surface area contributed by atoms with Crippen molar-refractivity contribution >= 4 is 0 Å². The zero-order valence-corrected chi connectivity index (χ0v) is 5.98. The highest BCUT2D eigenvalue weighted by atomic mass is 15.4. The van der Waals surface area contributed by atoms with Gasteiger partial charge in [0.05, 0.1) is 5.54 Å². The third-order valence-corrected chi connectivity index (χ3v) is 2.30. The van der Waals surface area contributed by atoms with Crippen molar-refractivity contribution in [1.82, 2.24) is 16.2 Å². The first-order valence-corrected chi connectivity index (χ1v) is 3.82. The van der Waals surface area contributed by atoms with Crippen LogP contribution in [0.2, 0.25) is 0 Å². The standard InChI is InChI=1S/C7H13N3/c1-4-8-5-2-7(1)3-6-9-10-7/h3,6,8-10H,1-2,4-5H2. The van der Waals surface area contributed by atoms with Crippen molar-refractivity contribution in [2.24, 2.45) is 0 Å². The van der Waals surface area contributed by atoms with Gasteiger partial charge in [-0.3, -0.25) is 0 Å². The molecule has 0 aromatic heterocycles. The fraction of sp³-hybridized carbons (Fsp3) is 0.714. The van der Waals surface area contributed by atoms with Crippen molar-refractivity contribution in [1.29, 1.82) is 0 Å². The minimum Gasteiger partial charge on any atom is -0.328 e. The second-order valence-electron chi connectivity index (χ2n) is 3.01. The minimum absolute atomic E-state index is 0.269. The fourth-order valence-corrected chi connectivity index (χ4v) is 1.59. The van der Waals surface area contributed by atoms with E-state index in [9.17, 15) is 0 Å². The van der Waals surface area contributed by atoms with E-state index < -0.39 is 0 Å². The summed E-state index contributed by atoms with van der Waals surface area (Å²) >= 11 is 0. The normalized spacial score (nSPS) is 28.8. The summed E-state index contributed by atoms with van der Waals surface area (Å²) in [6, 6.07) is 0. The zero-order chi connectivity index (χ0) is 6.86. The number of hydrogen-bond donors (Lipinski definition) is 3. The van der Waals surface area contributed by atoms with E-state index in [1.807, 2.05) is 6.20 Å². The molecule has 2 aliphatic heterocycles. The maximum absolute atomic E-state index is 3.33. The molecule has 0 atom stereocenters. The Kier molecular flexibility index (Phi) is 1.39. The molecule has 0 bridgehead atoms. The van der Waals surface area contributed by atoms with Gasteiger partial charge in [0.1, 0.15) is 0 Å². The Morgan fingerprint density at radius 3 is 2.60 bits per heavy atom. The van der Waals surface area contributed by atoms with Crippen LogP contribution in [0.25, 0.3) is 0 Å². The Morgan fingerprint density at radius 2 is 2.00 bits per heavy atom. The van der Waals surface area contributed by atoms with E-state index in [1.54, 1.807) is 0 Å². The largest absolute Gasteiger partial charge is 0.328 e. The molecule has 2 aliphatic rings. The Hall–Kier alpha value is -0.540. The SMILES string of the molecule is C1=CC2(CCNCC2)NN1. The van der Waals surface area contributed by atoms with Crippen LogP contribution in [0.1, 0.15) is 12.8 Å². The molecule has 2 heterocycles. The van der Waals surface area contributed by atoms with Gasteiger partial charge in [0.25, 0.3) is 0 Å². The van der Waals surface area contributed by atoms with E-state index in [0.29, 0.717) is 0 Å². The number of hydrazine groups is 1. The van der Waals surface area contributed by atoms with E-state index in [2.05, 4.69) is 22.2 Å². The summed E-state index contributed by atoms with van der Waals surface area (Å²) in [5.41, 5.74) is 6.56. The number of piperidine rings is 1. The molecule has 1 saturated heterocycles. The van der Waals surface area contributed by atoms with Crippen LogP contribution in [0.15, 0.2) is 12.3 Å². The average Bonchev–Trinajstić information content (AvgIpc) is 2.39. The monoisotopic (exact) mass is 139 g/mol. The molecule has 3 N–H and O–H groups in total. The summed E-state index contributed by atoms with van der Waals surface area (Å²) < 4.78 is 0. The van der Waals surface area contributed by atoms with E-state index in [4.69, 9.17) is 0 Å². The second kappa shape index (κ2) is 2.25. The number of rotatable bonds is 0. The van der Waals surface area contributed by atoms with Crippen molar-refractivity contribution < 1.29 is 0 Å². The van der Waals surface area contributed by atoms with Gasteiger partial charge >= 0.3 is 0 Å². The summed E-state index contributed by atoms with van der Waals surface area (Å²) in [5, 5.41) is 3.33. The lowest BCUT2D eigenvalue weighted by Gasteiger charge is -2.31. The second-order valence-corrected chi connectivity index (χ2v) is 3.01. The Bertz CT molecular complexity index is 147. The summed E-state index contributed by atoms with van der Waals surface area (Å²) in [4.78, 5) is 0. The van der Waals surface area contributed by atoms with Crippen molar-refractivity contribution in [2.45, 2.75) is 18.4 Å². The van der Waals surface area contributed by atoms with Gasteiger partial charge in [0.15, 0.2) is 0 Å². The molecule has 0 aliphatic carbocycles. The molecule has 2 rings (SSSR count). The van der Waals surface area contributed by atoms with E-state index in [0.717, 1.165) is 13.1 Å². The van der Waals surface area contributed by atoms with Crippen molar-refractivity contribution in [3.05, 3.63) is 12.3 Å². The molecule has 0 unspecified atom stereocenters. The molecule has 0 aromatic rings. The van der Waals surface area contributed by atoms with Gasteiger partial charge in [-0.05, 0) is 32.0 Å². The van der Waals surface area contributed by atoms with Crippen LogP contribution >= 0.6 is 0 Å². The Balaban J connectivity index is 2.05. The average molecular weight is 139 g/mol.